The van der Waals surface area contributed by atoms with Gasteiger partial charge in [-0.2, -0.15) is 0 Å². The van der Waals surface area contributed by atoms with Crippen LogP contribution < -0.4 is 31.1 Å². The second-order valence-corrected chi connectivity index (χ2v) is 51.5. The molecule has 0 radical (unpaired) electrons. The number of fused-ring (bicyclic) bond motifs is 18. The lowest BCUT2D eigenvalue weighted by molar-refractivity contribution is 1.08. The van der Waals surface area contributed by atoms with E-state index in [2.05, 4.69) is 440 Å². The van der Waals surface area contributed by atoms with Crippen molar-refractivity contribution in [2.45, 2.75) is 39.3 Å². The van der Waals surface area contributed by atoms with Crippen LogP contribution in [0.4, 0.5) is 0 Å². The van der Waals surface area contributed by atoms with Crippen molar-refractivity contribution in [3.8, 4) is 169 Å². The summed E-state index contributed by atoms with van der Waals surface area (Å²) in [6, 6.07) is 162. The number of aromatic nitrogens is 9. The molecule has 0 spiro atoms. The molecule has 0 saturated carbocycles. The zero-order valence-electron chi connectivity index (χ0n) is 78.8. The summed E-state index contributed by atoms with van der Waals surface area (Å²) in [5, 5.41) is 23.4. The number of hydrogen-bond donors (Lipinski definition) is 0. The zero-order valence-corrected chi connectivity index (χ0v) is 81.8. The van der Waals surface area contributed by atoms with Gasteiger partial charge in [0, 0.05) is 50.1 Å². The van der Waals surface area contributed by atoms with Gasteiger partial charge in [0.1, 0.15) is 24.2 Å². The number of hydrogen-bond acceptors (Lipinski definition) is 9. The highest BCUT2D eigenvalue weighted by atomic mass is 28.3. The van der Waals surface area contributed by atoms with Gasteiger partial charge in [0.15, 0.2) is 52.4 Å². The van der Waals surface area contributed by atoms with Gasteiger partial charge in [-0.05, 0) is 187 Å². The minimum absolute atomic E-state index is 0.674. The molecule has 0 amide bonds. The van der Waals surface area contributed by atoms with Crippen LogP contribution in [0.3, 0.4) is 0 Å². The first kappa shape index (κ1) is 85.5. The number of rotatable bonds is 12. The average Bonchev–Trinajstić information content (AvgIpc) is 1.55. The molecule has 0 N–H and O–H groups in total. The molecular formula is C129H93N9Si3. The van der Waals surface area contributed by atoms with Crippen LogP contribution in [-0.2, 0) is 0 Å². The van der Waals surface area contributed by atoms with Crippen molar-refractivity contribution < 1.29 is 0 Å². The average molecular weight is 1850 g/mol. The number of benzene rings is 21. The van der Waals surface area contributed by atoms with Crippen LogP contribution in [0, 0.1) is 0 Å². The lowest BCUT2D eigenvalue weighted by Gasteiger charge is -2.22. The summed E-state index contributed by atoms with van der Waals surface area (Å²) < 4.78 is 0. The molecule has 24 aromatic rings. The van der Waals surface area contributed by atoms with E-state index >= 15 is 0 Å². The third-order valence-corrected chi connectivity index (χ3v) is 39.8. The van der Waals surface area contributed by atoms with E-state index in [0.29, 0.717) is 46.6 Å². The minimum atomic E-state index is -2.11. The molecular weight excluding hydrogens is 1760 g/mol. The molecule has 3 aromatic heterocycles. The van der Waals surface area contributed by atoms with Gasteiger partial charge in [0.05, 0.1) is 0 Å². The smallest absolute Gasteiger partial charge is 0.164 e. The van der Waals surface area contributed by atoms with Gasteiger partial charge in [0.2, 0.25) is 0 Å². The van der Waals surface area contributed by atoms with Crippen LogP contribution in [-0.4, -0.2) is 69.1 Å². The van der Waals surface area contributed by atoms with Crippen LogP contribution in [0.2, 0.25) is 39.3 Å². The molecule has 0 bridgehead atoms. The maximum atomic E-state index is 5.32. The normalized spacial score (nSPS) is 13.1. The van der Waals surface area contributed by atoms with Gasteiger partial charge in [-0.3, -0.25) is 0 Å². The first-order valence-corrected chi connectivity index (χ1v) is 57.4. The predicted molar refractivity (Wildman–Crippen MR) is 596 cm³/mol. The van der Waals surface area contributed by atoms with Crippen LogP contribution >= 0.6 is 0 Å². The summed E-state index contributed by atoms with van der Waals surface area (Å²) in [4.78, 5) is 46.6. The van der Waals surface area contributed by atoms with Crippen molar-refractivity contribution in [3.05, 3.63) is 455 Å². The Morgan fingerprint density at radius 3 is 0.894 bits per heavy atom. The monoisotopic (exact) mass is 1850 g/mol. The summed E-state index contributed by atoms with van der Waals surface area (Å²) in [5.41, 5.74) is 24.3. The molecule has 9 nitrogen and oxygen atoms in total. The maximum Gasteiger partial charge on any atom is 0.164 e. The highest BCUT2D eigenvalue weighted by Crippen LogP contribution is 2.46. The van der Waals surface area contributed by atoms with Crippen LogP contribution in [0.1, 0.15) is 0 Å². The molecule has 141 heavy (non-hydrogen) atoms. The van der Waals surface area contributed by atoms with E-state index in [1.54, 1.807) is 0 Å². The highest BCUT2D eigenvalue weighted by Gasteiger charge is 2.44. The predicted octanol–water partition coefficient (Wildman–Crippen LogP) is 28.9. The van der Waals surface area contributed by atoms with Crippen LogP contribution in [0.25, 0.3) is 234 Å². The van der Waals surface area contributed by atoms with E-state index in [1.165, 1.54) is 146 Å². The molecule has 12 heteroatoms. The summed E-state index contributed by atoms with van der Waals surface area (Å²) in [6.07, 6.45) is 0. The van der Waals surface area contributed by atoms with Gasteiger partial charge < -0.3 is 0 Å². The minimum Gasteiger partial charge on any atom is -0.208 e. The van der Waals surface area contributed by atoms with Crippen molar-refractivity contribution in [1.29, 1.82) is 0 Å². The Morgan fingerprint density at radius 2 is 0.418 bits per heavy atom. The Morgan fingerprint density at radius 1 is 0.135 bits per heavy atom. The number of nitrogens with zero attached hydrogens (tertiary/aromatic N) is 9. The zero-order chi connectivity index (χ0) is 94.6. The van der Waals surface area contributed by atoms with Gasteiger partial charge in [-0.1, -0.05) is 470 Å². The van der Waals surface area contributed by atoms with Gasteiger partial charge >= 0.3 is 0 Å². The Kier molecular flexibility index (Phi) is 21.1. The largest absolute Gasteiger partial charge is 0.208 e. The molecule has 6 heterocycles. The molecule has 21 aromatic carbocycles. The fourth-order valence-electron chi connectivity index (χ4n) is 22.2. The first-order valence-electron chi connectivity index (χ1n) is 48.4. The van der Waals surface area contributed by atoms with Crippen molar-refractivity contribution in [2.75, 3.05) is 0 Å². The summed E-state index contributed by atoms with van der Waals surface area (Å²) in [7, 11) is -6.02. The van der Waals surface area contributed by atoms with E-state index in [4.69, 9.17) is 44.9 Å². The Labute approximate surface area is 822 Å². The lowest BCUT2D eigenvalue weighted by Crippen LogP contribution is -2.50. The van der Waals surface area contributed by atoms with Gasteiger partial charge in [0.25, 0.3) is 0 Å². The fourth-order valence-corrected chi connectivity index (χ4v) is 31.7. The summed E-state index contributed by atoms with van der Waals surface area (Å²) in [5.74, 6) is 6.18. The Bertz CT molecular complexity index is 9140. The maximum absolute atomic E-state index is 5.32. The fraction of sp³-hybridized carbons (Fsp3) is 0.0465. The second kappa shape index (κ2) is 34.8. The van der Waals surface area contributed by atoms with E-state index in [9.17, 15) is 0 Å². The van der Waals surface area contributed by atoms with Gasteiger partial charge in [-0.25, -0.2) is 44.9 Å². The lowest BCUT2D eigenvalue weighted by atomic mass is 9.94. The topological polar surface area (TPSA) is 116 Å². The molecule has 0 saturated heterocycles. The SMILES string of the molecule is C[Si]1(C)c2cc(-c3nc(-c4ccccc4)nc(-c4ccc(-c5ccccc5)c5ccccc45)n3)ccc2-c2c1ccc1ccccc21.C[Si]1(C)c2ccc3ccccc3c2-c2cccc(-c3nc(-c4ccccc4)nc(-c4ccc(-c5ccccc5)c5ccccc45)n3)c21.C[Si]1(C)c2cccc(-c3nc(-c4ccccc4)nc(-c4ccc5cc(-c6ccccc6)ccc5c4)n3)c2-c2c1ccc1ccccc21. The molecule has 666 valence electrons. The van der Waals surface area contributed by atoms with Crippen LogP contribution in [0.5, 0.6) is 0 Å². The molecule has 27 rings (SSSR count). The molecule has 0 fully saturated rings. The molecule has 3 aliphatic heterocycles. The highest BCUT2D eigenvalue weighted by molar-refractivity contribution is 7.05. The molecule has 3 aliphatic rings. The van der Waals surface area contributed by atoms with Crippen molar-refractivity contribution >= 4 is 120 Å². The van der Waals surface area contributed by atoms with Crippen molar-refractivity contribution in [3.63, 3.8) is 0 Å². The van der Waals surface area contributed by atoms with E-state index in [1.807, 2.05) is 54.6 Å². The quantitative estimate of drug-likeness (QED) is 0.110. The Balaban J connectivity index is 0.000000111. The third-order valence-electron chi connectivity index (χ3n) is 29.2. The molecule has 0 unspecified atom stereocenters. The van der Waals surface area contributed by atoms with Gasteiger partial charge in [-0.15, -0.1) is 0 Å². The molecule has 0 atom stereocenters. The van der Waals surface area contributed by atoms with E-state index < -0.39 is 24.2 Å². The third kappa shape index (κ3) is 15.0. The first-order chi connectivity index (χ1) is 69.2. The molecule has 0 aliphatic carbocycles. The summed E-state index contributed by atoms with van der Waals surface area (Å²) in [6.45, 7) is 14.8. The van der Waals surface area contributed by atoms with Crippen molar-refractivity contribution in [1.82, 2.24) is 44.9 Å². The van der Waals surface area contributed by atoms with E-state index in [-0.39, 0.29) is 0 Å². The standard InChI is InChI=1S/3C43H31N3Si/c1-47(2)38-27-24-29-16-9-10-19-32(29)39(38)36-22-13-23-37(40(36)47)43-45-41(30-17-7-4-8-18-30)44-42(46-43)35-26-25-31(28-14-5-3-6-15-28)33-20-11-12-21-34(33)35;1-47(2)38-26-22-29-15-9-10-18-33(29)40(38)37-23-21-31(27-39(37)47)42-44-41(30-16-7-4-8-17-30)45-43(46-42)36-25-24-32(28-13-5-3-6-14-28)34-19-11-12-20-35(34)36;1-47(2)37-19-11-18-36(40(37)39-35-17-10-9-14-29(35)24-25-38(39)47)43-45-41(30-15-7-4-8-16-30)44-42(46-43)34-23-22-32-26-31(20-21-33(32)27-34)28-12-5-3-6-13-28/h3*3-27H,1-2H3. The van der Waals surface area contributed by atoms with Crippen LogP contribution in [0.15, 0.2) is 455 Å². The second-order valence-electron chi connectivity index (χ2n) is 38.5. The van der Waals surface area contributed by atoms with E-state index in [0.717, 1.165) is 72.1 Å². The summed E-state index contributed by atoms with van der Waals surface area (Å²) >= 11 is 0. The Hall–Kier alpha value is -17.1. The van der Waals surface area contributed by atoms with Crippen molar-refractivity contribution in [2.24, 2.45) is 0 Å².